The average molecular weight is 529 g/mol. The predicted octanol–water partition coefficient (Wildman–Crippen LogP) is -3.38. The van der Waals surface area contributed by atoms with Gasteiger partial charge < -0.3 is 42.9 Å². The van der Waals surface area contributed by atoms with Gasteiger partial charge in [0, 0.05) is 22.9 Å². The maximum absolute atomic E-state index is 13.0. The third-order valence-corrected chi connectivity index (χ3v) is 5.38. The van der Waals surface area contributed by atoms with Crippen molar-refractivity contribution in [3.05, 3.63) is 47.5 Å². The highest BCUT2D eigenvalue weighted by atomic mass is 79.9. The number of amides is 2. The molecule has 29 heavy (non-hydrogen) atoms. The third-order valence-electron chi connectivity index (χ3n) is 5.38. The topological polar surface area (TPSA) is 37.4 Å². The molecule has 0 N–H and O–H groups in total. The van der Waals surface area contributed by atoms with Crippen LogP contribution < -0.4 is 34.0 Å². The molecule has 1 aliphatic rings. The fraction of sp³-hybridized carbons (Fsp3) is 0.455. The molecule has 3 rings (SSSR count). The molecule has 0 bridgehead atoms. The number of rotatable bonds is 7. The molecular formula is C22H31Br2N3O2. The average Bonchev–Trinajstić information content (AvgIpc) is 2.58. The molecule has 1 heterocycles. The summed E-state index contributed by atoms with van der Waals surface area (Å²) in [4.78, 5) is 27.4. The lowest BCUT2D eigenvalue weighted by atomic mass is 9.94. The first-order valence-electron chi connectivity index (χ1n) is 9.59. The second-order valence-electron chi connectivity index (χ2n) is 9.22. The van der Waals surface area contributed by atoms with Crippen LogP contribution in [0.1, 0.15) is 27.1 Å². The van der Waals surface area contributed by atoms with Crippen molar-refractivity contribution in [1.82, 2.24) is 4.90 Å². The lowest BCUT2D eigenvalue weighted by Crippen LogP contribution is -3.00. The highest BCUT2D eigenvalue weighted by Gasteiger charge is 2.33. The van der Waals surface area contributed by atoms with Gasteiger partial charge in [0.15, 0.2) is 0 Å². The second-order valence-corrected chi connectivity index (χ2v) is 9.22. The first-order chi connectivity index (χ1) is 12.6. The molecule has 5 nitrogen and oxygen atoms in total. The molecule has 0 unspecified atom stereocenters. The molecule has 160 valence electrons. The Bertz CT molecular complexity index is 840. The molecular weight excluding hydrogens is 498 g/mol. The predicted molar refractivity (Wildman–Crippen MR) is 109 cm³/mol. The molecule has 0 fully saturated rings. The Kier molecular flexibility index (Phi) is 8.60. The van der Waals surface area contributed by atoms with Gasteiger partial charge in [-0.1, -0.05) is 24.3 Å². The molecule has 0 spiro atoms. The van der Waals surface area contributed by atoms with Crippen molar-refractivity contribution >= 4 is 22.6 Å². The van der Waals surface area contributed by atoms with Crippen LogP contribution in [0.25, 0.3) is 10.8 Å². The van der Waals surface area contributed by atoms with E-state index in [1.54, 1.807) is 0 Å². The lowest BCUT2D eigenvalue weighted by Gasteiger charge is -2.34. The standard InChI is InChI=1S/C22H31N3O2.2BrH/c1-24(2,3)14-8-15-25(4,5)16-13-23-21(26)18-11-6-9-17-10-7-12-19(20(17)18)22(23)27;;/h6-7,9-12H,8,13-16H2,1-5H3;2*1H/q+2;;/p-2. The van der Waals surface area contributed by atoms with Crippen LogP contribution in [0.4, 0.5) is 0 Å². The van der Waals surface area contributed by atoms with Crippen LogP contribution in [0, 0.1) is 0 Å². The van der Waals surface area contributed by atoms with Crippen LogP contribution in [0.5, 0.6) is 0 Å². The normalized spacial score (nSPS) is 13.9. The second kappa shape index (κ2) is 9.69. The number of carbonyl (C=O) groups is 2. The minimum Gasteiger partial charge on any atom is -1.00 e. The van der Waals surface area contributed by atoms with Crippen LogP contribution in [-0.4, -0.2) is 87.1 Å². The van der Waals surface area contributed by atoms with E-state index in [1.165, 1.54) is 4.90 Å². The van der Waals surface area contributed by atoms with Crippen molar-refractivity contribution in [3.63, 3.8) is 0 Å². The molecule has 0 aromatic heterocycles. The van der Waals surface area contributed by atoms with Crippen molar-refractivity contribution in [2.24, 2.45) is 0 Å². The lowest BCUT2D eigenvalue weighted by molar-refractivity contribution is -0.901. The van der Waals surface area contributed by atoms with E-state index in [1.807, 2.05) is 36.4 Å². The summed E-state index contributed by atoms with van der Waals surface area (Å²) in [5, 5.41) is 1.74. The van der Waals surface area contributed by atoms with Gasteiger partial charge in [0.25, 0.3) is 11.8 Å². The van der Waals surface area contributed by atoms with Crippen LogP contribution >= 0.6 is 0 Å². The smallest absolute Gasteiger partial charge is 0.261 e. The minimum atomic E-state index is -0.171. The van der Waals surface area contributed by atoms with Crippen LogP contribution in [0.3, 0.4) is 0 Å². The maximum atomic E-state index is 13.0. The SMILES string of the molecule is C[N+](C)(C)CCC[N+](C)(C)CCN1C(=O)c2cccc3cccc(c23)C1=O.[Br-].[Br-]. The number of carbonyl (C=O) groups excluding carboxylic acids is 2. The number of nitrogens with zero attached hydrogens (tertiary/aromatic N) is 3. The molecule has 2 aromatic carbocycles. The van der Waals surface area contributed by atoms with E-state index in [-0.39, 0.29) is 45.8 Å². The van der Waals surface area contributed by atoms with Crippen molar-refractivity contribution in [2.45, 2.75) is 6.42 Å². The fourth-order valence-electron chi connectivity index (χ4n) is 3.74. The highest BCUT2D eigenvalue weighted by Crippen LogP contribution is 2.29. The van der Waals surface area contributed by atoms with E-state index in [4.69, 9.17) is 0 Å². The third kappa shape index (κ3) is 5.87. The summed E-state index contributed by atoms with van der Waals surface area (Å²) in [5.74, 6) is -0.341. The van der Waals surface area contributed by atoms with Crippen LogP contribution in [0.15, 0.2) is 36.4 Å². The summed E-state index contributed by atoms with van der Waals surface area (Å²) in [6.07, 6.45) is 1.11. The van der Waals surface area contributed by atoms with Gasteiger partial charge in [-0.3, -0.25) is 14.5 Å². The largest absolute Gasteiger partial charge is 1.00 e. The summed E-state index contributed by atoms with van der Waals surface area (Å²) in [7, 11) is 10.9. The van der Waals surface area contributed by atoms with Gasteiger partial charge in [-0.15, -0.1) is 0 Å². The Labute approximate surface area is 195 Å². The summed E-state index contributed by atoms with van der Waals surface area (Å²) >= 11 is 0. The Balaban J connectivity index is 0.00000210. The first kappa shape index (κ1) is 25.8. The first-order valence-corrected chi connectivity index (χ1v) is 9.59. The number of imide groups is 1. The van der Waals surface area contributed by atoms with Crippen molar-refractivity contribution in [3.8, 4) is 0 Å². The molecule has 0 saturated heterocycles. The zero-order chi connectivity index (χ0) is 19.8. The fourth-order valence-corrected chi connectivity index (χ4v) is 3.74. The van der Waals surface area contributed by atoms with E-state index in [0.717, 1.165) is 45.8 Å². The number of likely N-dealkylation sites (N-methyl/N-ethyl adjacent to an activating group) is 1. The number of hydrogen-bond acceptors (Lipinski definition) is 2. The molecule has 2 amide bonds. The van der Waals surface area contributed by atoms with Gasteiger partial charge in [-0.2, -0.15) is 0 Å². The molecule has 2 aromatic rings. The number of hydrogen-bond donors (Lipinski definition) is 0. The summed E-state index contributed by atoms with van der Waals surface area (Å²) in [5.41, 5.74) is 1.27. The van der Waals surface area contributed by atoms with Crippen LogP contribution in [-0.2, 0) is 0 Å². The van der Waals surface area contributed by atoms with E-state index < -0.39 is 0 Å². The molecule has 1 aliphatic heterocycles. The van der Waals surface area contributed by atoms with E-state index >= 15 is 0 Å². The van der Waals surface area contributed by atoms with Crippen LogP contribution in [0.2, 0.25) is 0 Å². The van der Waals surface area contributed by atoms with Crippen molar-refractivity contribution in [2.75, 3.05) is 61.4 Å². The molecule has 0 radical (unpaired) electrons. The quantitative estimate of drug-likeness (QED) is 0.278. The molecule has 0 aliphatic carbocycles. The summed E-state index contributed by atoms with van der Waals surface area (Å²) in [6.45, 7) is 3.34. The van der Waals surface area contributed by atoms with Gasteiger partial charge in [0.1, 0.15) is 0 Å². The van der Waals surface area contributed by atoms with E-state index in [2.05, 4.69) is 35.2 Å². The Morgan fingerprint density at radius 3 is 1.76 bits per heavy atom. The van der Waals surface area contributed by atoms with Gasteiger partial charge in [0.2, 0.25) is 0 Å². The zero-order valence-corrected chi connectivity index (χ0v) is 21.1. The number of halogens is 2. The monoisotopic (exact) mass is 527 g/mol. The zero-order valence-electron chi connectivity index (χ0n) is 17.9. The number of quaternary nitrogens is 2. The Hall–Kier alpha value is -1.28. The summed E-state index contributed by atoms with van der Waals surface area (Å²) < 4.78 is 1.74. The Morgan fingerprint density at radius 1 is 0.759 bits per heavy atom. The molecule has 7 heteroatoms. The van der Waals surface area contributed by atoms with E-state index in [0.29, 0.717) is 17.7 Å². The molecule has 0 saturated carbocycles. The highest BCUT2D eigenvalue weighted by molar-refractivity contribution is 6.25. The van der Waals surface area contributed by atoms with E-state index in [9.17, 15) is 9.59 Å². The van der Waals surface area contributed by atoms with Gasteiger partial charge in [-0.25, -0.2) is 0 Å². The maximum Gasteiger partial charge on any atom is 0.261 e. The van der Waals surface area contributed by atoms with Gasteiger partial charge >= 0.3 is 0 Å². The summed E-state index contributed by atoms with van der Waals surface area (Å²) in [6, 6.07) is 11.3. The van der Waals surface area contributed by atoms with Crippen molar-refractivity contribution < 1.29 is 52.5 Å². The number of benzene rings is 2. The van der Waals surface area contributed by atoms with Gasteiger partial charge in [0.05, 0.1) is 61.4 Å². The Morgan fingerprint density at radius 2 is 1.28 bits per heavy atom. The van der Waals surface area contributed by atoms with Crippen molar-refractivity contribution in [1.29, 1.82) is 0 Å². The van der Waals surface area contributed by atoms with Gasteiger partial charge in [-0.05, 0) is 17.5 Å². The minimum absolute atomic E-state index is 0. The molecule has 0 atom stereocenters.